The molecule has 1 aliphatic heterocycles. The van der Waals surface area contributed by atoms with Crippen LogP contribution in [-0.4, -0.2) is 12.7 Å². The lowest BCUT2D eigenvalue weighted by Crippen LogP contribution is -2.23. The van der Waals surface area contributed by atoms with E-state index in [2.05, 4.69) is 0 Å². The lowest BCUT2D eigenvalue weighted by atomic mass is 10.1. The predicted octanol–water partition coefficient (Wildman–Crippen LogP) is 4.26. The van der Waals surface area contributed by atoms with Gasteiger partial charge < -0.3 is 9.47 Å². The molecule has 0 spiro atoms. The molecule has 4 heteroatoms. The molecular formula is C17H16ClFO2. The maximum atomic E-state index is 13.2. The monoisotopic (exact) mass is 306 g/mol. The fourth-order valence-corrected chi connectivity index (χ4v) is 2.79. The standard InChI is InChI=1S/C17H16ClFO2/c1-11-3-2-4-12(9-18)17(11)20-10-15-8-13-7-14(19)5-6-16(13)21-15/h2-7,15H,8-10H2,1H3. The van der Waals surface area contributed by atoms with Crippen molar-refractivity contribution < 1.29 is 13.9 Å². The van der Waals surface area contributed by atoms with Gasteiger partial charge in [-0.1, -0.05) is 18.2 Å². The van der Waals surface area contributed by atoms with Gasteiger partial charge >= 0.3 is 0 Å². The molecule has 0 aliphatic carbocycles. The fraction of sp³-hybridized carbons (Fsp3) is 0.294. The lowest BCUT2D eigenvalue weighted by molar-refractivity contribution is 0.147. The molecule has 0 radical (unpaired) electrons. The maximum Gasteiger partial charge on any atom is 0.137 e. The molecule has 2 aromatic carbocycles. The first kappa shape index (κ1) is 14.2. The summed E-state index contributed by atoms with van der Waals surface area (Å²) in [5.41, 5.74) is 2.92. The van der Waals surface area contributed by atoms with Gasteiger partial charge in [0, 0.05) is 17.5 Å². The molecule has 3 rings (SSSR count). The largest absolute Gasteiger partial charge is 0.489 e. The van der Waals surface area contributed by atoms with Crippen LogP contribution in [0.3, 0.4) is 0 Å². The topological polar surface area (TPSA) is 18.5 Å². The Morgan fingerprint density at radius 1 is 1.33 bits per heavy atom. The van der Waals surface area contributed by atoms with E-state index >= 15 is 0 Å². The normalized spacial score (nSPS) is 16.4. The van der Waals surface area contributed by atoms with E-state index in [1.54, 1.807) is 6.07 Å². The molecular weight excluding hydrogens is 291 g/mol. The molecule has 1 atom stereocenters. The van der Waals surface area contributed by atoms with Gasteiger partial charge in [-0.2, -0.15) is 0 Å². The summed E-state index contributed by atoms with van der Waals surface area (Å²) in [5.74, 6) is 1.74. The molecule has 1 aliphatic rings. The highest BCUT2D eigenvalue weighted by Gasteiger charge is 2.24. The Bertz CT molecular complexity index is 657. The Hall–Kier alpha value is -1.74. The number of para-hydroxylation sites is 1. The summed E-state index contributed by atoms with van der Waals surface area (Å²) in [6.07, 6.45) is 0.569. The molecule has 2 nitrogen and oxygen atoms in total. The minimum atomic E-state index is -0.234. The number of alkyl halides is 1. The van der Waals surface area contributed by atoms with Crippen molar-refractivity contribution in [2.45, 2.75) is 25.3 Å². The van der Waals surface area contributed by atoms with E-state index < -0.39 is 0 Å². The SMILES string of the molecule is Cc1cccc(CCl)c1OCC1Cc2cc(F)ccc2O1. The van der Waals surface area contributed by atoms with Gasteiger partial charge in [0.1, 0.15) is 30.0 Å². The van der Waals surface area contributed by atoms with Crippen LogP contribution in [0.2, 0.25) is 0 Å². The second-order valence-electron chi connectivity index (χ2n) is 5.20. The van der Waals surface area contributed by atoms with Crippen LogP contribution in [0.1, 0.15) is 16.7 Å². The molecule has 0 N–H and O–H groups in total. The van der Waals surface area contributed by atoms with E-state index in [1.807, 2.05) is 25.1 Å². The van der Waals surface area contributed by atoms with Crippen molar-refractivity contribution in [1.29, 1.82) is 0 Å². The first-order valence-electron chi connectivity index (χ1n) is 6.89. The molecule has 110 valence electrons. The van der Waals surface area contributed by atoms with Crippen molar-refractivity contribution >= 4 is 11.6 Å². The predicted molar refractivity (Wildman–Crippen MR) is 80.8 cm³/mol. The number of ether oxygens (including phenoxy) is 2. The number of rotatable bonds is 4. The third kappa shape index (κ3) is 2.98. The Balaban J connectivity index is 1.68. The van der Waals surface area contributed by atoms with Gasteiger partial charge in [0.2, 0.25) is 0 Å². The molecule has 0 aromatic heterocycles. The first-order valence-corrected chi connectivity index (χ1v) is 7.43. The van der Waals surface area contributed by atoms with E-state index in [1.165, 1.54) is 12.1 Å². The van der Waals surface area contributed by atoms with Gasteiger partial charge in [-0.25, -0.2) is 4.39 Å². The third-order valence-corrected chi connectivity index (χ3v) is 3.90. The van der Waals surface area contributed by atoms with Crippen molar-refractivity contribution in [3.8, 4) is 11.5 Å². The molecule has 0 saturated heterocycles. The van der Waals surface area contributed by atoms with Crippen molar-refractivity contribution in [2.24, 2.45) is 0 Å². The third-order valence-electron chi connectivity index (χ3n) is 3.61. The second kappa shape index (κ2) is 5.94. The average Bonchev–Trinajstić information content (AvgIpc) is 2.87. The molecule has 1 unspecified atom stereocenters. The quantitative estimate of drug-likeness (QED) is 0.786. The van der Waals surface area contributed by atoms with Crippen LogP contribution in [0.4, 0.5) is 4.39 Å². The van der Waals surface area contributed by atoms with Gasteiger partial charge in [0.15, 0.2) is 0 Å². The van der Waals surface area contributed by atoms with Gasteiger partial charge in [0.05, 0.1) is 5.88 Å². The van der Waals surface area contributed by atoms with E-state index in [0.29, 0.717) is 18.9 Å². The van der Waals surface area contributed by atoms with Crippen LogP contribution in [0, 0.1) is 12.7 Å². The zero-order chi connectivity index (χ0) is 14.8. The highest BCUT2D eigenvalue weighted by atomic mass is 35.5. The molecule has 0 saturated carbocycles. The molecule has 0 amide bonds. The van der Waals surface area contributed by atoms with E-state index in [-0.39, 0.29) is 11.9 Å². The summed E-state index contributed by atoms with van der Waals surface area (Å²) in [4.78, 5) is 0. The Morgan fingerprint density at radius 2 is 2.19 bits per heavy atom. The molecule has 1 heterocycles. The number of aryl methyl sites for hydroxylation is 1. The van der Waals surface area contributed by atoms with Gasteiger partial charge in [-0.05, 0) is 30.7 Å². The summed E-state index contributed by atoms with van der Waals surface area (Å²) in [6.45, 7) is 2.41. The molecule has 2 aromatic rings. The van der Waals surface area contributed by atoms with Crippen molar-refractivity contribution in [1.82, 2.24) is 0 Å². The fourth-order valence-electron chi connectivity index (χ4n) is 2.58. The summed E-state index contributed by atoms with van der Waals surface area (Å²) >= 11 is 5.94. The van der Waals surface area contributed by atoms with E-state index in [0.717, 1.165) is 28.2 Å². The zero-order valence-corrected chi connectivity index (χ0v) is 12.5. The summed E-state index contributed by atoms with van der Waals surface area (Å²) in [5, 5.41) is 0. The molecule has 0 bridgehead atoms. The van der Waals surface area contributed by atoms with Crippen LogP contribution in [0.5, 0.6) is 11.5 Å². The van der Waals surface area contributed by atoms with Crippen molar-refractivity contribution in [2.75, 3.05) is 6.61 Å². The van der Waals surface area contributed by atoms with E-state index in [4.69, 9.17) is 21.1 Å². The number of halogens is 2. The first-order chi connectivity index (χ1) is 10.2. The van der Waals surface area contributed by atoms with Gasteiger partial charge in [-0.15, -0.1) is 11.6 Å². The van der Waals surface area contributed by atoms with Crippen LogP contribution in [-0.2, 0) is 12.3 Å². The Morgan fingerprint density at radius 3 is 3.00 bits per heavy atom. The number of fused-ring (bicyclic) bond motifs is 1. The van der Waals surface area contributed by atoms with Crippen LogP contribution >= 0.6 is 11.6 Å². The minimum absolute atomic E-state index is 0.0930. The minimum Gasteiger partial charge on any atom is -0.489 e. The van der Waals surface area contributed by atoms with Crippen LogP contribution < -0.4 is 9.47 Å². The van der Waals surface area contributed by atoms with Crippen molar-refractivity contribution in [3.63, 3.8) is 0 Å². The number of benzene rings is 2. The van der Waals surface area contributed by atoms with Gasteiger partial charge in [-0.3, -0.25) is 0 Å². The zero-order valence-electron chi connectivity index (χ0n) is 11.7. The highest BCUT2D eigenvalue weighted by molar-refractivity contribution is 6.17. The van der Waals surface area contributed by atoms with Crippen LogP contribution in [0.25, 0.3) is 0 Å². The number of hydrogen-bond donors (Lipinski definition) is 0. The summed E-state index contributed by atoms with van der Waals surface area (Å²) in [7, 11) is 0. The number of hydrogen-bond acceptors (Lipinski definition) is 2. The highest BCUT2D eigenvalue weighted by Crippen LogP contribution is 2.31. The second-order valence-corrected chi connectivity index (χ2v) is 5.47. The molecule has 0 fully saturated rings. The van der Waals surface area contributed by atoms with E-state index in [9.17, 15) is 4.39 Å². The average molecular weight is 307 g/mol. The molecule has 21 heavy (non-hydrogen) atoms. The maximum absolute atomic E-state index is 13.2. The Labute approximate surface area is 128 Å². The van der Waals surface area contributed by atoms with Gasteiger partial charge in [0.25, 0.3) is 0 Å². The van der Waals surface area contributed by atoms with Crippen LogP contribution in [0.15, 0.2) is 36.4 Å². The van der Waals surface area contributed by atoms with Crippen molar-refractivity contribution in [3.05, 3.63) is 58.9 Å². The summed E-state index contributed by atoms with van der Waals surface area (Å²) < 4.78 is 24.9. The lowest BCUT2D eigenvalue weighted by Gasteiger charge is -2.16. The smallest absolute Gasteiger partial charge is 0.137 e. The summed E-state index contributed by atoms with van der Waals surface area (Å²) in [6, 6.07) is 10.5. The Kier molecular flexibility index (Phi) is 4.02.